The van der Waals surface area contributed by atoms with Crippen molar-refractivity contribution in [1.82, 2.24) is 14.8 Å². The van der Waals surface area contributed by atoms with Crippen molar-refractivity contribution in [2.75, 3.05) is 19.1 Å². The molecular formula is C18H27N3O2SSi. The van der Waals surface area contributed by atoms with Gasteiger partial charge < -0.3 is 9.47 Å². The highest BCUT2D eigenvalue weighted by molar-refractivity contribution is 8.00. The summed E-state index contributed by atoms with van der Waals surface area (Å²) in [5.74, 6) is 1.76. The molecule has 1 saturated heterocycles. The van der Waals surface area contributed by atoms with Gasteiger partial charge in [-0.05, 0) is 42.5 Å². The van der Waals surface area contributed by atoms with Crippen molar-refractivity contribution in [2.24, 2.45) is 0 Å². The van der Waals surface area contributed by atoms with Crippen LogP contribution < -0.4 is 4.74 Å². The molecular weight excluding hydrogens is 350 g/mol. The Morgan fingerprint density at radius 1 is 1.24 bits per heavy atom. The van der Waals surface area contributed by atoms with Crippen LogP contribution in [0.25, 0.3) is 11.4 Å². The van der Waals surface area contributed by atoms with Gasteiger partial charge in [-0.15, -0.1) is 10.2 Å². The average molecular weight is 378 g/mol. The zero-order valence-electron chi connectivity index (χ0n) is 15.5. The second-order valence-corrected chi connectivity index (χ2v) is 14.6. The molecule has 2 heterocycles. The highest BCUT2D eigenvalue weighted by Crippen LogP contribution is 2.28. The van der Waals surface area contributed by atoms with Gasteiger partial charge in [0.25, 0.3) is 0 Å². The summed E-state index contributed by atoms with van der Waals surface area (Å²) in [5, 5.41) is 11.1. The summed E-state index contributed by atoms with van der Waals surface area (Å²) in [5.41, 5.74) is 1.06. The van der Waals surface area contributed by atoms with Gasteiger partial charge in [0.05, 0.1) is 27.8 Å². The molecule has 1 aromatic carbocycles. The fourth-order valence-electron chi connectivity index (χ4n) is 2.79. The Bertz CT molecular complexity index is 691. The third-order valence-electron chi connectivity index (χ3n) is 4.11. The summed E-state index contributed by atoms with van der Waals surface area (Å²) in [4.78, 5) is 0. The number of methoxy groups -OCH3 is 1. The van der Waals surface area contributed by atoms with Crippen LogP contribution in [0.5, 0.6) is 5.75 Å². The third kappa shape index (κ3) is 4.86. The normalized spacial score (nSPS) is 17.8. The Balaban J connectivity index is 1.88. The van der Waals surface area contributed by atoms with Gasteiger partial charge in [0, 0.05) is 12.2 Å². The zero-order valence-corrected chi connectivity index (χ0v) is 17.3. The molecule has 0 saturated carbocycles. The quantitative estimate of drug-likeness (QED) is 0.537. The molecule has 1 fully saturated rings. The molecule has 0 spiro atoms. The van der Waals surface area contributed by atoms with E-state index in [0.717, 1.165) is 53.7 Å². The first-order valence-electron chi connectivity index (χ1n) is 8.78. The second-order valence-electron chi connectivity index (χ2n) is 7.63. The van der Waals surface area contributed by atoms with E-state index in [9.17, 15) is 0 Å². The number of aromatic nitrogens is 3. The van der Waals surface area contributed by atoms with E-state index < -0.39 is 8.07 Å². The highest BCUT2D eigenvalue weighted by atomic mass is 32.2. The Morgan fingerprint density at radius 2 is 2.00 bits per heavy atom. The molecule has 5 nitrogen and oxygen atoms in total. The summed E-state index contributed by atoms with van der Waals surface area (Å²) < 4.78 is 13.4. The first-order valence-corrected chi connectivity index (χ1v) is 13.5. The molecule has 0 N–H and O–H groups in total. The predicted molar refractivity (Wildman–Crippen MR) is 105 cm³/mol. The van der Waals surface area contributed by atoms with Crippen LogP contribution in [-0.2, 0) is 11.3 Å². The van der Waals surface area contributed by atoms with E-state index in [1.165, 1.54) is 0 Å². The number of rotatable bonds is 7. The summed E-state index contributed by atoms with van der Waals surface area (Å²) in [6.07, 6.45) is 2.51. The van der Waals surface area contributed by atoms with Crippen LogP contribution in [0.4, 0.5) is 0 Å². The second kappa shape index (κ2) is 7.93. The standard InChI is InChI=1S/C18H27N3O2SSi/c1-22-15-9-7-14(8-10-15)17-19-20-18(24-13-25(2,3)4)21(17)12-16-6-5-11-23-16/h7-10,16H,5-6,11-13H2,1-4H3. The highest BCUT2D eigenvalue weighted by Gasteiger charge is 2.23. The van der Waals surface area contributed by atoms with Crippen molar-refractivity contribution in [1.29, 1.82) is 0 Å². The van der Waals surface area contributed by atoms with Crippen LogP contribution >= 0.6 is 11.8 Å². The number of nitrogens with zero attached hydrogens (tertiary/aromatic N) is 3. The van der Waals surface area contributed by atoms with Crippen LogP contribution in [0, 0.1) is 0 Å². The van der Waals surface area contributed by atoms with Crippen molar-refractivity contribution in [2.45, 2.75) is 50.3 Å². The number of ether oxygens (including phenoxy) is 2. The zero-order chi connectivity index (χ0) is 17.9. The molecule has 136 valence electrons. The van der Waals surface area contributed by atoms with Crippen molar-refractivity contribution in [3.63, 3.8) is 0 Å². The van der Waals surface area contributed by atoms with Gasteiger partial charge in [-0.1, -0.05) is 31.4 Å². The summed E-state index contributed by atoms with van der Waals surface area (Å²) in [6.45, 7) is 8.83. The Labute approximate surface area is 155 Å². The number of benzene rings is 1. The van der Waals surface area contributed by atoms with Crippen molar-refractivity contribution < 1.29 is 9.47 Å². The van der Waals surface area contributed by atoms with Gasteiger partial charge in [0.2, 0.25) is 0 Å². The SMILES string of the molecule is COc1ccc(-c2nnc(SC[Si](C)(C)C)n2CC2CCCO2)cc1. The lowest BCUT2D eigenvalue weighted by Crippen LogP contribution is -2.24. The first kappa shape index (κ1) is 18.5. The maximum absolute atomic E-state index is 5.86. The Morgan fingerprint density at radius 3 is 2.60 bits per heavy atom. The van der Waals surface area contributed by atoms with Crippen molar-refractivity contribution >= 4 is 19.8 Å². The van der Waals surface area contributed by atoms with Gasteiger partial charge in [0.15, 0.2) is 11.0 Å². The Kier molecular flexibility index (Phi) is 5.86. The van der Waals surface area contributed by atoms with Gasteiger partial charge in [-0.2, -0.15) is 0 Å². The number of hydrogen-bond acceptors (Lipinski definition) is 5. The maximum Gasteiger partial charge on any atom is 0.191 e. The van der Waals surface area contributed by atoms with Crippen LogP contribution in [0.3, 0.4) is 0 Å². The van der Waals surface area contributed by atoms with Crippen molar-refractivity contribution in [3.05, 3.63) is 24.3 Å². The van der Waals surface area contributed by atoms with E-state index in [-0.39, 0.29) is 6.10 Å². The van der Waals surface area contributed by atoms with Crippen LogP contribution in [-0.4, -0.2) is 48.0 Å². The Hall–Kier alpha value is -1.31. The van der Waals surface area contributed by atoms with Crippen LogP contribution in [0.15, 0.2) is 29.4 Å². The molecule has 2 aromatic rings. The van der Waals surface area contributed by atoms with Crippen molar-refractivity contribution in [3.8, 4) is 17.1 Å². The van der Waals surface area contributed by atoms with Gasteiger partial charge in [-0.3, -0.25) is 4.57 Å². The van der Waals surface area contributed by atoms with Gasteiger partial charge in [-0.25, -0.2) is 0 Å². The lowest BCUT2D eigenvalue weighted by atomic mass is 10.2. The van der Waals surface area contributed by atoms with Crippen LogP contribution in [0.1, 0.15) is 12.8 Å². The van der Waals surface area contributed by atoms with Crippen LogP contribution in [0.2, 0.25) is 19.6 Å². The van der Waals surface area contributed by atoms with E-state index in [4.69, 9.17) is 9.47 Å². The monoisotopic (exact) mass is 377 g/mol. The molecule has 7 heteroatoms. The summed E-state index contributed by atoms with van der Waals surface area (Å²) in [7, 11) is 0.525. The molecule has 1 aromatic heterocycles. The molecule has 25 heavy (non-hydrogen) atoms. The fraction of sp³-hybridized carbons (Fsp3) is 0.556. The topological polar surface area (TPSA) is 49.2 Å². The first-order chi connectivity index (χ1) is 12.0. The lowest BCUT2D eigenvalue weighted by Gasteiger charge is -2.17. The number of thioether (sulfide) groups is 1. The largest absolute Gasteiger partial charge is 0.497 e. The molecule has 3 rings (SSSR count). The molecule has 0 amide bonds. The van der Waals surface area contributed by atoms with E-state index in [1.807, 2.05) is 36.0 Å². The average Bonchev–Trinajstić information content (AvgIpc) is 3.23. The van der Waals surface area contributed by atoms with E-state index >= 15 is 0 Å². The molecule has 0 bridgehead atoms. The van der Waals surface area contributed by atoms with Gasteiger partial charge >= 0.3 is 0 Å². The molecule has 1 aliphatic rings. The fourth-order valence-corrected chi connectivity index (χ4v) is 5.45. The molecule has 1 unspecified atom stereocenters. The van der Waals surface area contributed by atoms with Gasteiger partial charge in [0.1, 0.15) is 5.75 Å². The minimum absolute atomic E-state index is 0.263. The molecule has 0 radical (unpaired) electrons. The minimum atomic E-state index is -1.16. The van der Waals surface area contributed by atoms with E-state index in [1.54, 1.807) is 7.11 Å². The molecule has 1 atom stereocenters. The third-order valence-corrected chi connectivity index (χ3v) is 8.71. The molecule has 0 aliphatic carbocycles. The molecule has 1 aliphatic heterocycles. The predicted octanol–water partition coefficient (Wildman–Crippen LogP) is 4.10. The summed E-state index contributed by atoms with van der Waals surface area (Å²) in [6, 6.07) is 8.02. The number of hydrogen-bond donors (Lipinski definition) is 0. The van der Waals surface area contributed by atoms with E-state index in [0.29, 0.717) is 0 Å². The lowest BCUT2D eigenvalue weighted by molar-refractivity contribution is 0.0953. The smallest absolute Gasteiger partial charge is 0.191 e. The minimum Gasteiger partial charge on any atom is -0.497 e. The summed E-state index contributed by atoms with van der Waals surface area (Å²) >= 11 is 1.83. The maximum atomic E-state index is 5.86. The van der Waals surface area contributed by atoms with E-state index in [2.05, 4.69) is 34.4 Å².